The monoisotopic (exact) mass is 302 g/mol. The number of carbonyl (C=O) groups excluding carboxylic acids is 1. The lowest BCUT2D eigenvalue weighted by Crippen LogP contribution is -2.38. The van der Waals surface area contributed by atoms with Gasteiger partial charge < -0.3 is 19.8 Å². The molecule has 7 heteroatoms. The highest BCUT2D eigenvalue weighted by molar-refractivity contribution is 5.89. The fraction of sp³-hybridized carbons (Fsp3) is 0.400. The Labute approximate surface area is 127 Å². The van der Waals surface area contributed by atoms with E-state index >= 15 is 0 Å². The second kappa shape index (κ2) is 6.15. The summed E-state index contributed by atoms with van der Waals surface area (Å²) >= 11 is 0. The number of nitrogens with zero attached hydrogens (tertiary/aromatic N) is 3. The summed E-state index contributed by atoms with van der Waals surface area (Å²) in [5.74, 6) is 0.811. The summed E-state index contributed by atoms with van der Waals surface area (Å²) in [7, 11) is 1.67. The van der Waals surface area contributed by atoms with Crippen molar-refractivity contribution in [1.82, 2.24) is 15.0 Å². The van der Waals surface area contributed by atoms with Crippen LogP contribution in [0.3, 0.4) is 0 Å². The zero-order valence-electron chi connectivity index (χ0n) is 12.3. The molecule has 3 rings (SSSR count). The molecule has 0 spiro atoms. The molecule has 1 aromatic heterocycles. The Bertz CT molecular complexity index is 640. The first-order valence-corrected chi connectivity index (χ1v) is 7.20. The van der Waals surface area contributed by atoms with Crippen LogP contribution in [-0.2, 0) is 0 Å². The number of hydrogen-bond donors (Lipinski definition) is 2. The number of carbonyl (C=O) groups is 1. The van der Waals surface area contributed by atoms with Gasteiger partial charge in [0, 0.05) is 24.8 Å². The van der Waals surface area contributed by atoms with E-state index in [0.29, 0.717) is 24.0 Å². The molecule has 22 heavy (non-hydrogen) atoms. The van der Waals surface area contributed by atoms with E-state index in [1.54, 1.807) is 25.2 Å². The third kappa shape index (κ3) is 3.43. The minimum Gasteiger partial charge on any atom is -0.391 e. The molecule has 2 N–H and O–H groups in total. The molecule has 7 nitrogen and oxygen atoms in total. The first-order valence-electron chi connectivity index (χ1n) is 7.20. The average molecular weight is 302 g/mol. The number of rotatable bonds is 5. The van der Waals surface area contributed by atoms with E-state index in [0.717, 1.165) is 18.4 Å². The lowest BCUT2D eigenvalue weighted by atomic mass is 10.2. The van der Waals surface area contributed by atoms with Crippen LogP contribution in [0.4, 0.5) is 10.5 Å². The van der Waals surface area contributed by atoms with Crippen LogP contribution in [0.1, 0.15) is 12.8 Å². The summed E-state index contributed by atoms with van der Waals surface area (Å²) in [5, 5.41) is 16.5. The molecule has 1 fully saturated rings. The summed E-state index contributed by atoms with van der Waals surface area (Å²) in [6, 6.07) is 6.94. The number of amides is 2. The molecule has 2 aromatic rings. The number of urea groups is 1. The fourth-order valence-corrected chi connectivity index (χ4v) is 2.25. The van der Waals surface area contributed by atoms with Gasteiger partial charge in [-0.05, 0) is 30.9 Å². The second-order valence-corrected chi connectivity index (χ2v) is 5.55. The molecule has 1 saturated carbocycles. The van der Waals surface area contributed by atoms with Gasteiger partial charge in [0.05, 0.1) is 6.10 Å². The predicted octanol–water partition coefficient (Wildman–Crippen LogP) is 1.97. The number of hydrogen-bond acceptors (Lipinski definition) is 5. The molecule has 2 amide bonds. The summed E-state index contributed by atoms with van der Waals surface area (Å²) in [6.07, 6.45) is 2.90. The van der Waals surface area contributed by atoms with Crippen LogP contribution in [0, 0.1) is 5.92 Å². The molecular formula is C15H18N4O3. The molecule has 1 heterocycles. The van der Waals surface area contributed by atoms with Crippen molar-refractivity contribution in [2.45, 2.75) is 18.9 Å². The van der Waals surface area contributed by atoms with Crippen molar-refractivity contribution < 1.29 is 14.4 Å². The SMILES string of the molecule is CN(C[C@@H](O)C1CC1)C(=O)Nc1cccc(-c2ncon2)c1. The summed E-state index contributed by atoms with van der Waals surface area (Å²) < 4.78 is 4.72. The Morgan fingerprint density at radius 2 is 2.36 bits per heavy atom. The minimum atomic E-state index is -0.443. The smallest absolute Gasteiger partial charge is 0.321 e. The Balaban J connectivity index is 1.62. The normalized spacial score (nSPS) is 15.4. The van der Waals surface area contributed by atoms with Crippen LogP contribution in [0.2, 0.25) is 0 Å². The third-order valence-corrected chi connectivity index (χ3v) is 3.71. The van der Waals surface area contributed by atoms with Gasteiger partial charge in [-0.3, -0.25) is 0 Å². The number of aliphatic hydroxyl groups is 1. The number of aromatic nitrogens is 2. The average Bonchev–Trinajstić information content (AvgIpc) is 3.22. The van der Waals surface area contributed by atoms with Crippen LogP contribution in [0.5, 0.6) is 0 Å². The summed E-state index contributed by atoms with van der Waals surface area (Å²) in [6.45, 7) is 0.334. The number of nitrogens with one attached hydrogen (secondary N) is 1. The highest BCUT2D eigenvalue weighted by atomic mass is 16.5. The van der Waals surface area contributed by atoms with E-state index in [2.05, 4.69) is 15.5 Å². The summed E-state index contributed by atoms with van der Waals surface area (Å²) in [4.78, 5) is 17.6. The van der Waals surface area contributed by atoms with Crippen molar-refractivity contribution >= 4 is 11.7 Å². The summed E-state index contributed by atoms with van der Waals surface area (Å²) in [5.41, 5.74) is 1.40. The van der Waals surface area contributed by atoms with Crippen molar-refractivity contribution in [2.75, 3.05) is 18.9 Å². The number of likely N-dealkylation sites (N-methyl/N-ethyl adjacent to an activating group) is 1. The first kappa shape index (κ1) is 14.5. The Morgan fingerprint density at radius 3 is 3.05 bits per heavy atom. The van der Waals surface area contributed by atoms with Crippen molar-refractivity contribution in [3.05, 3.63) is 30.7 Å². The van der Waals surface area contributed by atoms with Crippen LogP contribution in [0.25, 0.3) is 11.4 Å². The fourth-order valence-electron chi connectivity index (χ4n) is 2.25. The van der Waals surface area contributed by atoms with Gasteiger partial charge in [-0.2, -0.15) is 4.98 Å². The quantitative estimate of drug-likeness (QED) is 0.881. The van der Waals surface area contributed by atoms with Crippen LogP contribution in [0.15, 0.2) is 35.2 Å². The Kier molecular flexibility index (Phi) is 4.06. The number of benzene rings is 1. The van der Waals surface area contributed by atoms with Gasteiger partial charge in [0.25, 0.3) is 0 Å². The molecule has 1 aliphatic carbocycles. The molecule has 0 bridgehead atoms. The minimum absolute atomic E-state index is 0.259. The molecule has 116 valence electrons. The maximum Gasteiger partial charge on any atom is 0.321 e. The van der Waals surface area contributed by atoms with Gasteiger partial charge in [0.2, 0.25) is 12.2 Å². The maximum atomic E-state index is 12.1. The highest BCUT2D eigenvalue weighted by Crippen LogP contribution is 2.32. The molecular weight excluding hydrogens is 284 g/mol. The van der Waals surface area contributed by atoms with Crippen LogP contribution in [-0.4, -0.2) is 45.9 Å². The molecule has 0 aliphatic heterocycles. The molecule has 1 aliphatic rings. The zero-order chi connectivity index (χ0) is 15.5. The molecule has 0 saturated heterocycles. The van der Waals surface area contributed by atoms with Gasteiger partial charge in [0.15, 0.2) is 0 Å². The topological polar surface area (TPSA) is 91.5 Å². The van der Waals surface area contributed by atoms with Gasteiger partial charge >= 0.3 is 6.03 Å². The van der Waals surface area contributed by atoms with Crippen molar-refractivity contribution in [3.8, 4) is 11.4 Å². The Morgan fingerprint density at radius 1 is 1.55 bits per heavy atom. The van der Waals surface area contributed by atoms with Gasteiger partial charge in [-0.25, -0.2) is 4.79 Å². The first-order chi connectivity index (χ1) is 10.6. The predicted molar refractivity (Wildman–Crippen MR) is 80.1 cm³/mol. The lowest BCUT2D eigenvalue weighted by Gasteiger charge is -2.21. The van der Waals surface area contributed by atoms with Gasteiger partial charge in [-0.1, -0.05) is 17.3 Å². The number of anilines is 1. The Hall–Kier alpha value is -2.41. The van der Waals surface area contributed by atoms with Crippen molar-refractivity contribution in [2.24, 2.45) is 5.92 Å². The van der Waals surface area contributed by atoms with Crippen molar-refractivity contribution in [1.29, 1.82) is 0 Å². The van der Waals surface area contributed by atoms with Crippen LogP contribution < -0.4 is 5.32 Å². The zero-order valence-corrected chi connectivity index (χ0v) is 12.3. The lowest BCUT2D eigenvalue weighted by molar-refractivity contribution is 0.117. The van der Waals surface area contributed by atoms with E-state index in [1.807, 2.05) is 6.07 Å². The molecule has 1 aromatic carbocycles. The van der Waals surface area contributed by atoms with E-state index in [-0.39, 0.29) is 6.03 Å². The second-order valence-electron chi connectivity index (χ2n) is 5.55. The van der Waals surface area contributed by atoms with E-state index < -0.39 is 6.10 Å². The highest BCUT2D eigenvalue weighted by Gasteiger charge is 2.31. The van der Waals surface area contributed by atoms with E-state index in [1.165, 1.54) is 11.3 Å². The molecule has 0 unspecified atom stereocenters. The van der Waals surface area contributed by atoms with E-state index in [9.17, 15) is 9.90 Å². The third-order valence-electron chi connectivity index (χ3n) is 3.71. The van der Waals surface area contributed by atoms with Crippen molar-refractivity contribution in [3.63, 3.8) is 0 Å². The number of aliphatic hydroxyl groups excluding tert-OH is 1. The van der Waals surface area contributed by atoms with Gasteiger partial charge in [-0.15, -0.1) is 0 Å². The molecule has 1 atom stereocenters. The molecule has 0 radical (unpaired) electrons. The maximum absolute atomic E-state index is 12.1. The van der Waals surface area contributed by atoms with E-state index in [4.69, 9.17) is 4.52 Å². The standard InChI is InChI=1S/C15H18N4O3/c1-19(8-13(20)10-5-6-10)15(21)17-12-4-2-3-11(7-12)14-16-9-22-18-14/h2-4,7,9-10,13,20H,5-6,8H2,1H3,(H,17,21)/t13-/m1/s1. The largest absolute Gasteiger partial charge is 0.391 e. The van der Waals surface area contributed by atoms with Gasteiger partial charge in [0.1, 0.15) is 0 Å². The van der Waals surface area contributed by atoms with Crippen LogP contribution >= 0.6 is 0 Å².